The van der Waals surface area contributed by atoms with Crippen LogP contribution in [0.2, 0.25) is 0 Å². The highest BCUT2D eigenvalue weighted by Crippen LogP contribution is 2.24. The molecule has 0 unspecified atom stereocenters. The maximum atomic E-state index is 12.0. The largest absolute Gasteiger partial charge is 0.444 e. The Bertz CT molecular complexity index is 271. The zero-order valence-electron chi connectivity index (χ0n) is 11.7. The van der Waals surface area contributed by atoms with E-state index in [1.54, 1.807) is 4.90 Å². The monoisotopic (exact) mass is 242 g/mol. The van der Waals surface area contributed by atoms with Gasteiger partial charge in [0.05, 0.1) is 0 Å². The molecule has 0 saturated carbocycles. The maximum absolute atomic E-state index is 12.0. The second-order valence-corrected chi connectivity index (χ2v) is 6.29. The molecular weight excluding hydrogens is 216 g/mol. The summed E-state index contributed by atoms with van der Waals surface area (Å²) in [5, 5.41) is 0. The fourth-order valence-electron chi connectivity index (χ4n) is 2.20. The van der Waals surface area contributed by atoms with E-state index < -0.39 is 5.60 Å². The van der Waals surface area contributed by atoms with E-state index in [-0.39, 0.29) is 12.1 Å². The topological polar surface area (TPSA) is 55.6 Å². The number of piperidine rings is 1. The molecule has 1 saturated heterocycles. The molecule has 0 aliphatic carbocycles. The van der Waals surface area contributed by atoms with Crippen LogP contribution in [0.3, 0.4) is 0 Å². The fraction of sp³-hybridized carbons (Fsp3) is 0.923. The maximum Gasteiger partial charge on any atom is 0.410 e. The van der Waals surface area contributed by atoms with Crippen molar-refractivity contribution >= 4 is 6.09 Å². The summed E-state index contributed by atoms with van der Waals surface area (Å²) in [5.41, 5.74) is 5.66. The number of nitrogens with two attached hydrogens (primary N) is 1. The molecule has 17 heavy (non-hydrogen) atoms. The molecule has 0 aromatic heterocycles. The SMILES string of the molecule is CC(C)[C@H]1CN(C(=O)OC(C)(C)C)CC[C@H]1N. The van der Waals surface area contributed by atoms with Gasteiger partial charge < -0.3 is 15.4 Å². The van der Waals surface area contributed by atoms with Gasteiger partial charge in [-0.1, -0.05) is 13.8 Å². The van der Waals surface area contributed by atoms with Crippen molar-refractivity contribution in [1.82, 2.24) is 4.90 Å². The summed E-state index contributed by atoms with van der Waals surface area (Å²) >= 11 is 0. The molecule has 4 nitrogen and oxygen atoms in total. The van der Waals surface area contributed by atoms with E-state index in [0.29, 0.717) is 24.9 Å². The number of amides is 1. The normalized spacial score (nSPS) is 26.2. The molecule has 100 valence electrons. The molecule has 1 heterocycles. The number of hydrogen-bond donors (Lipinski definition) is 1. The molecule has 1 fully saturated rings. The van der Waals surface area contributed by atoms with Gasteiger partial charge in [-0.3, -0.25) is 0 Å². The average molecular weight is 242 g/mol. The van der Waals surface area contributed by atoms with Crippen molar-refractivity contribution in [3.8, 4) is 0 Å². The lowest BCUT2D eigenvalue weighted by Gasteiger charge is -2.39. The van der Waals surface area contributed by atoms with Crippen LogP contribution in [0.25, 0.3) is 0 Å². The third-order valence-electron chi connectivity index (χ3n) is 3.22. The van der Waals surface area contributed by atoms with Gasteiger partial charge in [0.1, 0.15) is 5.60 Å². The number of carbonyl (C=O) groups is 1. The summed E-state index contributed by atoms with van der Waals surface area (Å²) in [4.78, 5) is 13.7. The molecule has 0 aromatic carbocycles. The van der Waals surface area contributed by atoms with Crippen LogP contribution in [-0.4, -0.2) is 35.7 Å². The molecule has 2 N–H and O–H groups in total. The number of hydrogen-bond acceptors (Lipinski definition) is 3. The highest BCUT2D eigenvalue weighted by atomic mass is 16.6. The summed E-state index contributed by atoms with van der Waals surface area (Å²) in [6.45, 7) is 11.4. The zero-order chi connectivity index (χ0) is 13.2. The first-order valence-corrected chi connectivity index (χ1v) is 6.44. The lowest BCUT2D eigenvalue weighted by atomic mass is 9.84. The van der Waals surface area contributed by atoms with Gasteiger partial charge in [0, 0.05) is 19.1 Å². The van der Waals surface area contributed by atoms with Crippen LogP contribution < -0.4 is 5.73 Å². The minimum atomic E-state index is -0.427. The summed E-state index contributed by atoms with van der Waals surface area (Å²) in [5.74, 6) is 0.867. The van der Waals surface area contributed by atoms with Gasteiger partial charge in [0.25, 0.3) is 0 Å². The Balaban J connectivity index is 2.59. The quantitative estimate of drug-likeness (QED) is 0.767. The van der Waals surface area contributed by atoms with E-state index in [0.717, 1.165) is 6.42 Å². The van der Waals surface area contributed by atoms with Crippen LogP contribution in [0, 0.1) is 11.8 Å². The van der Waals surface area contributed by atoms with Crippen LogP contribution in [0.1, 0.15) is 41.0 Å². The van der Waals surface area contributed by atoms with E-state index in [9.17, 15) is 4.79 Å². The van der Waals surface area contributed by atoms with E-state index in [1.807, 2.05) is 20.8 Å². The molecule has 0 bridgehead atoms. The second-order valence-electron chi connectivity index (χ2n) is 6.29. The molecule has 1 amide bonds. The number of carbonyl (C=O) groups excluding carboxylic acids is 1. The lowest BCUT2D eigenvalue weighted by molar-refractivity contribution is 0.0117. The van der Waals surface area contributed by atoms with E-state index in [2.05, 4.69) is 13.8 Å². The highest BCUT2D eigenvalue weighted by molar-refractivity contribution is 5.68. The van der Waals surface area contributed by atoms with Crippen molar-refractivity contribution in [3.05, 3.63) is 0 Å². The van der Waals surface area contributed by atoms with Crippen molar-refractivity contribution in [2.24, 2.45) is 17.6 Å². The van der Waals surface area contributed by atoms with Crippen LogP contribution in [0.5, 0.6) is 0 Å². The Morgan fingerprint density at radius 1 is 1.41 bits per heavy atom. The molecule has 1 aliphatic rings. The van der Waals surface area contributed by atoms with Crippen LogP contribution >= 0.6 is 0 Å². The fourth-order valence-corrected chi connectivity index (χ4v) is 2.20. The first kappa shape index (κ1) is 14.3. The number of nitrogens with zero attached hydrogens (tertiary/aromatic N) is 1. The first-order valence-electron chi connectivity index (χ1n) is 6.44. The Labute approximate surface area is 104 Å². The third kappa shape index (κ3) is 4.19. The standard InChI is InChI=1S/C13H26N2O2/c1-9(2)10-8-15(7-6-11(10)14)12(16)17-13(3,4)5/h9-11H,6-8,14H2,1-5H3/t10-,11-/m1/s1. The molecular formula is C13H26N2O2. The lowest BCUT2D eigenvalue weighted by Crippen LogP contribution is -2.51. The molecule has 4 heteroatoms. The molecule has 2 atom stereocenters. The van der Waals surface area contributed by atoms with Gasteiger partial charge >= 0.3 is 6.09 Å². The van der Waals surface area contributed by atoms with E-state index in [4.69, 9.17) is 10.5 Å². The van der Waals surface area contributed by atoms with Crippen LogP contribution in [-0.2, 0) is 4.74 Å². The Kier molecular flexibility index (Phi) is 4.42. The Morgan fingerprint density at radius 2 is 2.00 bits per heavy atom. The van der Waals surface area contributed by atoms with Gasteiger partial charge in [0.15, 0.2) is 0 Å². The van der Waals surface area contributed by atoms with E-state index in [1.165, 1.54) is 0 Å². The van der Waals surface area contributed by atoms with Crippen molar-refractivity contribution in [2.45, 2.75) is 52.7 Å². The Hall–Kier alpha value is -0.770. The van der Waals surface area contributed by atoms with Crippen molar-refractivity contribution in [1.29, 1.82) is 0 Å². The summed E-state index contributed by atoms with van der Waals surface area (Å²) < 4.78 is 5.39. The van der Waals surface area contributed by atoms with Crippen molar-refractivity contribution in [2.75, 3.05) is 13.1 Å². The number of ether oxygens (including phenoxy) is 1. The van der Waals surface area contributed by atoms with Gasteiger partial charge in [0.2, 0.25) is 0 Å². The van der Waals surface area contributed by atoms with Gasteiger partial charge in [-0.15, -0.1) is 0 Å². The van der Waals surface area contributed by atoms with Crippen molar-refractivity contribution in [3.63, 3.8) is 0 Å². The third-order valence-corrected chi connectivity index (χ3v) is 3.22. The van der Waals surface area contributed by atoms with Gasteiger partial charge in [-0.2, -0.15) is 0 Å². The first-order chi connectivity index (χ1) is 7.70. The summed E-state index contributed by atoms with van der Waals surface area (Å²) in [7, 11) is 0. The molecule has 1 aliphatic heterocycles. The molecule has 0 radical (unpaired) electrons. The second kappa shape index (κ2) is 5.25. The van der Waals surface area contributed by atoms with Crippen molar-refractivity contribution < 1.29 is 9.53 Å². The molecule has 0 aromatic rings. The molecule has 1 rings (SSSR count). The van der Waals surface area contributed by atoms with Crippen LogP contribution in [0.15, 0.2) is 0 Å². The smallest absolute Gasteiger partial charge is 0.410 e. The molecule has 0 spiro atoms. The summed E-state index contributed by atoms with van der Waals surface area (Å²) in [6.07, 6.45) is 0.650. The van der Waals surface area contributed by atoms with E-state index >= 15 is 0 Å². The number of likely N-dealkylation sites (tertiary alicyclic amines) is 1. The van der Waals surface area contributed by atoms with Gasteiger partial charge in [-0.05, 0) is 39.0 Å². The predicted octanol–water partition coefficient (Wildman–Crippen LogP) is 2.23. The predicted molar refractivity (Wildman–Crippen MR) is 68.7 cm³/mol. The highest BCUT2D eigenvalue weighted by Gasteiger charge is 2.33. The Morgan fingerprint density at radius 3 is 2.47 bits per heavy atom. The summed E-state index contributed by atoms with van der Waals surface area (Å²) in [6, 6.07) is 0.202. The minimum absolute atomic E-state index is 0.202. The minimum Gasteiger partial charge on any atom is -0.444 e. The van der Waals surface area contributed by atoms with Gasteiger partial charge in [-0.25, -0.2) is 4.79 Å². The zero-order valence-corrected chi connectivity index (χ0v) is 11.7. The average Bonchev–Trinajstić information content (AvgIpc) is 2.14. The number of rotatable bonds is 1. The van der Waals surface area contributed by atoms with Crippen LogP contribution in [0.4, 0.5) is 4.79 Å².